The fourth-order valence-electron chi connectivity index (χ4n) is 6.28. The van der Waals surface area contributed by atoms with Crippen LogP contribution in [0.25, 0.3) is 33.3 Å². The van der Waals surface area contributed by atoms with Crippen molar-refractivity contribution in [1.82, 2.24) is 4.57 Å². The normalized spacial score (nSPS) is 18.3. The van der Waals surface area contributed by atoms with Crippen LogP contribution >= 0.6 is 0 Å². The molecule has 0 aliphatic carbocycles. The molecule has 0 amide bonds. The Morgan fingerprint density at radius 2 is 1.31 bits per heavy atom. The molecule has 1 aliphatic rings. The average Bonchev–Trinajstić information content (AvgIpc) is 3.28. The SMILES string of the molecule is Cc1ccc2c(c1)c(-c1ccccc1)c(-c1ccccc1)n2C[C@@H](O)C[NH+]1CC[NH+](Cc2ccccc2)CC1. The number of hydrogen-bond acceptors (Lipinski definition) is 1. The Balaban J connectivity index is 1.26. The van der Waals surface area contributed by atoms with Gasteiger partial charge in [0, 0.05) is 22.0 Å². The molecular formula is C35H39N3O+2. The van der Waals surface area contributed by atoms with E-state index in [1.165, 1.54) is 49.3 Å². The van der Waals surface area contributed by atoms with Crippen molar-refractivity contribution in [3.8, 4) is 22.4 Å². The highest BCUT2D eigenvalue weighted by Crippen LogP contribution is 2.41. The third-order valence-corrected chi connectivity index (χ3v) is 8.21. The van der Waals surface area contributed by atoms with Gasteiger partial charge in [-0.3, -0.25) is 0 Å². The zero-order chi connectivity index (χ0) is 26.6. The molecule has 4 nitrogen and oxygen atoms in total. The van der Waals surface area contributed by atoms with Crippen LogP contribution in [0.1, 0.15) is 11.1 Å². The number of aliphatic hydroxyl groups excluding tert-OH is 1. The fourth-order valence-corrected chi connectivity index (χ4v) is 6.28. The quantitative estimate of drug-likeness (QED) is 0.289. The smallest absolute Gasteiger partial charge is 0.127 e. The summed E-state index contributed by atoms with van der Waals surface area (Å²) in [5, 5.41) is 12.7. The lowest BCUT2D eigenvalue weighted by Gasteiger charge is -2.31. The van der Waals surface area contributed by atoms with E-state index >= 15 is 0 Å². The van der Waals surface area contributed by atoms with Crippen LogP contribution in [-0.4, -0.2) is 48.5 Å². The van der Waals surface area contributed by atoms with Crippen LogP contribution in [0.5, 0.6) is 0 Å². The molecule has 0 radical (unpaired) electrons. The second-order valence-electron chi connectivity index (χ2n) is 11.1. The molecule has 1 atom stereocenters. The molecule has 6 rings (SSSR count). The first-order chi connectivity index (χ1) is 19.2. The van der Waals surface area contributed by atoms with Gasteiger partial charge in [-0.15, -0.1) is 0 Å². The molecule has 0 saturated carbocycles. The van der Waals surface area contributed by atoms with Gasteiger partial charge in [0.1, 0.15) is 45.4 Å². The minimum Gasteiger partial charge on any atom is -0.385 e. The Hall–Kier alpha value is -3.70. The number of aryl methyl sites for hydroxylation is 1. The third kappa shape index (κ3) is 5.69. The van der Waals surface area contributed by atoms with Gasteiger partial charge in [0.2, 0.25) is 0 Å². The van der Waals surface area contributed by atoms with Crippen LogP contribution < -0.4 is 9.80 Å². The zero-order valence-electron chi connectivity index (χ0n) is 22.8. The maximum absolute atomic E-state index is 11.5. The van der Waals surface area contributed by atoms with Crippen molar-refractivity contribution in [3.05, 3.63) is 120 Å². The van der Waals surface area contributed by atoms with Gasteiger partial charge in [-0.25, -0.2) is 0 Å². The van der Waals surface area contributed by atoms with Gasteiger partial charge in [-0.05, 0) is 30.2 Å². The monoisotopic (exact) mass is 517 g/mol. The van der Waals surface area contributed by atoms with Crippen molar-refractivity contribution in [2.24, 2.45) is 0 Å². The number of rotatable bonds is 8. The molecule has 0 bridgehead atoms. The molecule has 5 aromatic rings. The van der Waals surface area contributed by atoms with E-state index in [4.69, 9.17) is 0 Å². The Kier molecular flexibility index (Phi) is 7.60. The van der Waals surface area contributed by atoms with Gasteiger partial charge in [-0.1, -0.05) is 103 Å². The zero-order valence-corrected chi connectivity index (χ0v) is 22.8. The Labute approximate surface area is 231 Å². The molecule has 0 spiro atoms. The predicted octanol–water partition coefficient (Wildman–Crippen LogP) is 3.63. The first-order valence-electron chi connectivity index (χ1n) is 14.3. The van der Waals surface area contributed by atoms with E-state index in [0.29, 0.717) is 6.54 Å². The molecule has 2 heterocycles. The number of piperazine rings is 1. The van der Waals surface area contributed by atoms with Gasteiger partial charge in [0.05, 0.1) is 12.2 Å². The number of nitrogens with zero attached hydrogens (tertiary/aromatic N) is 1. The Morgan fingerprint density at radius 3 is 1.97 bits per heavy atom. The van der Waals surface area contributed by atoms with Gasteiger partial charge >= 0.3 is 0 Å². The summed E-state index contributed by atoms with van der Waals surface area (Å²) in [7, 11) is 0. The van der Waals surface area contributed by atoms with E-state index in [0.717, 1.165) is 39.3 Å². The second-order valence-corrected chi connectivity index (χ2v) is 11.1. The van der Waals surface area contributed by atoms with Gasteiger partial charge < -0.3 is 19.5 Å². The van der Waals surface area contributed by atoms with E-state index in [-0.39, 0.29) is 0 Å². The van der Waals surface area contributed by atoms with Gasteiger partial charge in [-0.2, -0.15) is 0 Å². The number of fused-ring (bicyclic) bond motifs is 1. The summed E-state index contributed by atoms with van der Waals surface area (Å²) in [6.45, 7) is 9.11. The summed E-state index contributed by atoms with van der Waals surface area (Å²) in [6, 6.07) is 38.9. The summed E-state index contributed by atoms with van der Waals surface area (Å²) in [5.74, 6) is 0. The maximum Gasteiger partial charge on any atom is 0.127 e. The van der Waals surface area contributed by atoms with Crippen LogP contribution in [0.15, 0.2) is 109 Å². The highest BCUT2D eigenvalue weighted by Gasteiger charge is 2.27. The molecule has 39 heavy (non-hydrogen) atoms. The van der Waals surface area contributed by atoms with Crippen molar-refractivity contribution in [3.63, 3.8) is 0 Å². The lowest BCUT2D eigenvalue weighted by Crippen LogP contribution is -3.28. The van der Waals surface area contributed by atoms with E-state index < -0.39 is 6.10 Å². The van der Waals surface area contributed by atoms with E-state index in [1.54, 1.807) is 4.90 Å². The minimum absolute atomic E-state index is 0.418. The number of benzene rings is 4. The summed E-state index contributed by atoms with van der Waals surface area (Å²) >= 11 is 0. The predicted molar refractivity (Wildman–Crippen MR) is 160 cm³/mol. The Morgan fingerprint density at radius 1 is 0.718 bits per heavy atom. The van der Waals surface area contributed by atoms with E-state index in [9.17, 15) is 5.11 Å². The molecule has 0 unspecified atom stereocenters. The standard InChI is InChI=1S/C35H37N3O/c1-27-17-18-33-32(23-27)34(29-13-7-3-8-14-29)35(30-15-9-4-10-16-30)38(33)26-31(39)25-37-21-19-36(20-22-37)24-28-11-5-2-6-12-28/h2-18,23,31,39H,19-22,24-26H2,1H3/p+2/t31-/m0/s1. The number of aliphatic hydroxyl groups is 1. The minimum atomic E-state index is -0.418. The molecule has 4 aromatic carbocycles. The lowest BCUT2D eigenvalue weighted by atomic mass is 9.98. The highest BCUT2D eigenvalue weighted by atomic mass is 16.3. The van der Waals surface area contributed by atoms with Crippen molar-refractivity contribution in [1.29, 1.82) is 0 Å². The molecular weight excluding hydrogens is 478 g/mol. The second kappa shape index (κ2) is 11.6. The molecule has 198 valence electrons. The summed E-state index contributed by atoms with van der Waals surface area (Å²) in [6.07, 6.45) is -0.418. The summed E-state index contributed by atoms with van der Waals surface area (Å²) in [4.78, 5) is 3.15. The molecule has 1 saturated heterocycles. The van der Waals surface area contributed by atoms with Crippen LogP contribution in [0.4, 0.5) is 0 Å². The molecule has 3 N–H and O–H groups in total. The number of nitrogens with one attached hydrogen (secondary N) is 2. The van der Waals surface area contributed by atoms with E-state index in [1.807, 2.05) is 0 Å². The van der Waals surface area contributed by atoms with Gasteiger partial charge in [0.25, 0.3) is 0 Å². The van der Waals surface area contributed by atoms with Crippen molar-refractivity contribution >= 4 is 10.9 Å². The highest BCUT2D eigenvalue weighted by molar-refractivity contribution is 6.04. The molecule has 1 aliphatic heterocycles. The number of hydrogen-bond donors (Lipinski definition) is 3. The van der Waals surface area contributed by atoms with Gasteiger partial charge in [0.15, 0.2) is 0 Å². The van der Waals surface area contributed by atoms with Crippen molar-refractivity contribution in [2.75, 3.05) is 32.7 Å². The van der Waals surface area contributed by atoms with Crippen LogP contribution in [-0.2, 0) is 13.1 Å². The van der Waals surface area contributed by atoms with Crippen molar-refractivity contribution in [2.45, 2.75) is 26.1 Å². The molecule has 4 heteroatoms. The largest absolute Gasteiger partial charge is 0.385 e. The average molecular weight is 518 g/mol. The topological polar surface area (TPSA) is 34.0 Å². The summed E-state index contributed by atoms with van der Waals surface area (Å²) < 4.78 is 2.37. The van der Waals surface area contributed by atoms with Crippen molar-refractivity contribution < 1.29 is 14.9 Å². The van der Waals surface area contributed by atoms with Crippen LogP contribution in [0.3, 0.4) is 0 Å². The first-order valence-corrected chi connectivity index (χ1v) is 14.3. The molecule has 1 fully saturated rings. The first kappa shape index (κ1) is 25.6. The molecule has 1 aromatic heterocycles. The number of quaternary nitrogens is 2. The lowest BCUT2D eigenvalue weighted by molar-refractivity contribution is -1.02. The maximum atomic E-state index is 11.5. The van der Waals surface area contributed by atoms with Crippen LogP contribution in [0.2, 0.25) is 0 Å². The van der Waals surface area contributed by atoms with Crippen LogP contribution in [0, 0.1) is 6.92 Å². The Bertz CT molecular complexity index is 1500. The fraction of sp³-hybridized carbons (Fsp3) is 0.257. The summed E-state index contributed by atoms with van der Waals surface area (Å²) in [5.41, 5.74) is 8.67. The number of aromatic nitrogens is 1. The van der Waals surface area contributed by atoms with E-state index in [2.05, 4.69) is 121 Å². The third-order valence-electron chi connectivity index (χ3n) is 8.21.